The zero-order chi connectivity index (χ0) is 24.6. The third kappa shape index (κ3) is 6.27. The van der Waals surface area contributed by atoms with Crippen LogP contribution in [0.25, 0.3) is 0 Å². The van der Waals surface area contributed by atoms with E-state index in [1.54, 1.807) is 6.07 Å². The Labute approximate surface area is 200 Å². The SMILES string of the molecule is COc1ccccc1CNC(=O)COC(=O)c1cc(S(=O)(=O)N2CCCCCC2)ccc1OC. The zero-order valence-corrected chi connectivity index (χ0v) is 20.2. The molecule has 2 aromatic rings. The van der Waals surface area contributed by atoms with Gasteiger partial charge in [0.25, 0.3) is 5.91 Å². The van der Waals surface area contributed by atoms with Crippen LogP contribution in [0.1, 0.15) is 41.6 Å². The Bertz CT molecular complexity index is 1110. The maximum Gasteiger partial charge on any atom is 0.342 e. The van der Waals surface area contributed by atoms with Gasteiger partial charge in [-0.05, 0) is 37.1 Å². The van der Waals surface area contributed by atoms with Gasteiger partial charge in [-0.15, -0.1) is 0 Å². The lowest BCUT2D eigenvalue weighted by Crippen LogP contribution is -2.32. The molecule has 1 heterocycles. The molecule has 0 radical (unpaired) electrons. The highest BCUT2D eigenvalue weighted by atomic mass is 32.2. The zero-order valence-electron chi connectivity index (χ0n) is 19.4. The van der Waals surface area contributed by atoms with Crippen molar-refractivity contribution in [2.24, 2.45) is 0 Å². The summed E-state index contributed by atoms with van der Waals surface area (Å²) in [7, 11) is -0.856. The Balaban J connectivity index is 1.67. The Hall–Kier alpha value is -3.11. The molecule has 3 rings (SSSR count). The summed E-state index contributed by atoms with van der Waals surface area (Å²) >= 11 is 0. The first-order valence-electron chi connectivity index (χ1n) is 11.1. The van der Waals surface area contributed by atoms with E-state index in [0.717, 1.165) is 31.2 Å². The molecule has 2 aromatic carbocycles. The van der Waals surface area contributed by atoms with Gasteiger partial charge in [0.2, 0.25) is 10.0 Å². The molecule has 0 bridgehead atoms. The predicted molar refractivity (Wildman–Crippen MR) is 125 cm³/mol. The number of amides is 1. The van der Waals surface area contributed by atoms with Gasteiger partial charge < -0.3 is 19.5 Å². The number of nitrogens with one attached hydrogen (secondary N) is 1. The number of carbonyl (C=O) groups is 2. The third-order valence-electron chi connectivity index (χ3n) is 5.60. The first-order valence-corrected chi connectivity index (χ1v) is 12.5. The van der Waals surface area contributed by atoms with Crippen molar-refractivity contribution in [3.8, 4) is 11.5 Å². The Morgan fingerprint density at radius 1 is 0.941 bits per heavy atom. The van der Waals surface area contributed by atoms with E-state index in [2.05, 4.69) is 5.32 Å². The molecule has 0 atom stereocenters. The van der Waals surface area contributed by atoms with Crippen LogP contribution >= 0.6 is 0 Å². The summed E-state index contributed by atoms with van der Waals surface area (Å²) in [5, 5.41) is 2.66. The number of benzene rings is 2. The molecular formula is C24H30N2O7S. The number of para-hydroxylation sites is 1. The van der Waals surface area contributed by atoms with Crippen LogP contribution in [0.15, 0.2) is 47.4 Å². The fourth-order valence-electron chi connectivity index (χ4n) is 3.74. The van der Waals surface area contributed by atoms with E-state index in [1.165, 1.54) is 36.7 Å². The molecule has 10 heteroatoms. The van der Waals surface area contributed by atoms with E-state index in [9.17, 15) is 18.0 Å². The highest BCUT2D eigenvalue weighted by Gasteiger charge is 2.27. The van der Waals surface area contributed by atoms with Crippen LogP contribution in [-0.4, -0.2) is 58.5 Å². The minimum Gasteiger partial charge on any atom is -0.496 e. The fraction of sp³-hybridized carbons (Fsp3) is 0.417. The maximum atomic E-state index is 13.1. The van der Waals surface area contributed by atoms with Crippen molar-refractivity contribution in [1.29, 1.82) is 0 Å². The summed E-state index contributed by atoms with van der Waals surface area (Å²) in [6.07, 6.45) is 3.58. The van der Waals surface area contributed by atoms with Gasteiger partial charge >= 0.3 is 5.97 Å². The van der Waals surface area contributed by atoms with Crippen molar-refractivity contribution in [2.45, 2.75) is 37.1 Å². The number of methoxy groups -OCH3 is 2. The second-order valence-corrected chi connectivity index (χ2v) is 9.78. The Morgan fingerprint density at radius 3 is 2.29 bits per heavy atom. The summed E-state index contributed by atoms with van der Waals surface area (Å²) in [6.45, 7) is 0.564. The van der Waals surface area contributed by atoms with E-state index in [1.807, 2.05) is 18.2 Å². The first-order chi connectivity index (χ1) is 16.4. The van der Waals surface area contributed by atoms with Crippen LogP contribution in [0.5, 0.6) is 11.5 Å². The topological polar surface area (TPSA) is 111 Å². The number of hydrogen-bond acceptors (Lipinski definition) is 7. The number of sulfonamides is 1. The van der Waals surface area contributed by atoms with Crippen LogP contribution in [0.3, 0.4) is 0 Å². The summed E-state index contributed by atoms with van der Waals surface area (Å²) in [4.78, 5) is 24.9. The summed E-state index contributed by atoms with van der Waals surface area (Å²) in [5.41, 5.74) is 0.716. The maximum absolute atomic E-state index is 13.1. The molecule has 184 valence electrons. The number of nitrogens with zero attached hydrogens (tertiary/aromatic N) is 1. The number of hydrogen-bond donors (Lipinski definition) is 1. The second-order valence-electron chi connectivity index (χ2n) is 7.85. The molecule has 0 aliphatic carbocycles. The molecular weight excluding hydrogens is 460 g/mol. The van der Waals surface area contributed by atoms with Gasteiger partial charge in [-0.3, -0.25) is 4.79 Å². The van der Waals surface area contributed by atoms with Crippen LogP contribution in [0.4, 0.5) is 0 Å². The molecule has 1 aliphatic rings. The standard InChI is InChI=1S/C24H30N2O7S/c1-31-21-10-6-5-9-18(21)16-25-23(27)17-33-24(28)20-15-19(11-12-22(20)32-2)34(29,30)26-13-7-3-4-8-14-26/h5-6,9-12,15H,3-4,7-8,13-14,16-17H2,1-2H3,(H,25,27). The van der Waals surface area contributed by atoms with Crippen LogP contribution in [0.2, 0.25) is 0 Å². The van der Waals surface area contributed by atoms with Crippen molar-refractivity contribution < 1.29 is 32.2 Å². The van der Waals surface area contributed by atoms with Gasteiger partial charge in [0.1, 0.15) is 17.1 Å². The number of esters is 1. The normalized spacial score (nSPS) is 14.6. The molecule has 34 heavy (non-hydrogen) atoms. The number of rotatable bonds is 9. The van der Waals surface area contributed by atoms with Gasteiger partial charge in [0.05, 0.1) is 19.1 Å². The molecule has 1 N–H and O–H groups in total. The van der Waals surface area contributed by atoms with Crippen molar-refractivity contribution in [1.82, 2.24) is 9.62 Å². The molecule has 1 amide bonds. The molecule has 0 unspecified atom stereocenters. The Morgan fingerprint density at radius 2 is 1.62 bits per heavy atom. The molecule has 0 aromatic heterocycles. The van der Waals surface area contributed by atoms with E-state index >= 15 is 0 Å². The van der Waals surface area contributed by atoms with Crippen molar-refractivity contribution >= 4 is 21.9 Å². The van der Waals surface area contributed by atoms with E-state index in [4.69, 9.17) is 14.2 Å². The Kier molecular flexibility index (Phi) is 8.89. The smallest absolute Gasteiger partial charge is 0.342 e. The quantitative estimate of drug-likeness (QED) is 0.538. The molecule has 0 spiro atoms. The molecule has 1 saturated heterocycles. The molecule has 1 aliphatic heterocycles. The van der Waals surface area contributed by atoms with Gasteiger partial charge in [-0.1, -0.05) is 31.0 Å². The monoisotopic (exact) mass is 490 g/mol. The average Bonchev–Trinajstić information content (AvgIpc) is 3.16. The van der Waals surface area contributed by atoms with Gasteiger partial charge in [0, 0.05) is 25.2 Å². The largest absolute Gasteiger partial charge is 0.496 e. The van der Waals surface area contributed by atoms with Crippen LogP contribution < -0.4 is 14.8 Å². The predicted octanol–water partition coefficient (Wildman–Crippen LogP) is 2.74. The highest BCUT2D eigenvalue weighted by Crippen LogP contribution is 2.27. The van der Waals surface area contributed by atoms with Gasteiger partial charge in [0.15, 0.2) is 6.61 Å². The minimum absolute atomic E-state index is 0.0113. The average molecular weight is 491 g/mol. The van der Waals surface area contributed by atoms with Crippen LogP contribution in [-0.2, 0) is 26.1 Å². The molecule has 1 fully saturated rings. The lowest BCUT2D eigenvalue weighted by atomic mass is 10.2. The lowest BCUT2D eigenvalue weighted by molar-refractivity contribution is -0.124. The van der Waals surface area contributed by atoms with Gasteiger partial charge in [-0.2, -0.15) is 4.31 Å². The first kappa shape index (κ1) is 25.5. The summed E-state index contributed by atoms with van der Waals surface area (Å²) < 4.78 is 43.3. The summed E-state index contributed by atoms with van der Waals surface area (Å²) in [6, 6.07) is 11.3. The summed E-state index contributed by atoms with van der Waals surface area (Å²) in [5.74, 6) is -0.565. The van der Waals surface area contributed by atoms with Crippen molar-refractivity contribution in [3.05, 3.63) is 53.6 Å². The second kappa shape index (κ2) is 11.8. The van der Waals surface area contributed by atoms with E-state index < -0.39 is 28.5 Å². The number of carbonyl (C=O) groups excluding carboxylic acids is 2. The van der Waals surface area contributed by atoms with Crippen LogP contribution in [0, 0.1) is 0 Å². The molecule has 0 saturated carbocycles. The fourth-order valence-corrected chi connectivity index (χ4v) is 5.28. The van der Waals surface area contributed by atoms with E-state index in [0.29, 0.717) is 18.8 Å². The van der Waals surface area contributed by atoms with Crippen molar-refractivity contribution in [3.63, 3.8) is 0 Å². The van der Waals surface area contributed by atoms with Crippen molar-refractivity contribution in [2.75, 3.05) is 33.9 Å². The minimum atomic E-state index is -3.76. The lowest BCUT2D eigenvalue weighted by Gasteiger charge is -2.20. The highest BCUT2D eigenvalue weighted by molar-refractivity contribution is 7.89. The third-order valence-corrected chi connectivity index (χ3v) is 7.49. The molecule has 9 nitrogen and oxygen atoms in total. The van der Waals surface area contributed by atoms with Gasteiger partial charge in [-0.25, -0.2) is 13.2 Å². The number of ether oxygens (including phenoxy) is 3. The van der Waals surface area contributed by atoms with E-state index in [-0.39, 0.29) is 22.8 Å².